The van der Waals surface area contributed by atoms with E-state index in [2.05, 4.69) is 59.6 Å². The normalized spacial score (nSPS) is 10.4. The first-order valence-electron chi connectivity index (χ1n) is 9.60. The molecule has 0 atom stereocenters. The summed E-state index contributed by atoms with van der Waals surface area (Å²) in [5, 5.41) is 4.74. The Bertz CT molecular complexity index is 1080. The summed E-state index contributed by atoms with van der Waals surface area (Å²) in [6.45, 7) is 8.26. The van der Waals surface area contributed by atoms with Gasteiger partial charge in [-0.25, -0.2) is 0 Å². The van der Waals surface area contributed by atoms with Gasteiger partial charge in [0.15, 0.2) is 0 Å². The molecule has 0 saturated heterocycles. The highest BCUT2D eigenvalue weighted by molar-refractivity contribution is 5.82. The Balaban J connectivity index is 0.000000176. The average Bonchev–Trinajstić information content (AvgIpc) is 3.12. The van der Waals surface area contributed by atoms with E-state index in [0.29, 0.717) is 0 Å². The lowest BCUT2D eigenvalue weighted by Gasteiger charge is -2.13. The molecule has 28 heavy (non-hydrogen) atoms. The van der Waals surface area contributed by atoms with Gasteiger partial charge >= 0.3 is 0 Å². The highest BCUT2D eigenvalue weighted by atomic mass is 14.9. The van der Waals surface area contributed by atoms with Crippen molar-refractivity contribution in [2.24, 2.45) is 0 Å². The molecule has 0 radical (unpaired) electrons. The van der Waals surface area contributed by atoms with Crippen molar-refractivity contribution in [2.45, 2.75) is 34.1 Å². The second kappa shape index (κ2) is 8.61. The highest BCUT2D eigenvalue weighted by Crippen LogP contribution is 2.26. The summed E-state index contributed by atoms with van der Waals surface area (Å²) in [6, 6.07) is 16.3. The highest BCUT2D eigenvalue weighted by Gasteiger charge is 2.04. The van der Waals surface area contributed by atoms with Gasteiger partial charge in [0.2, 0.25) is 0 Å². The molecule has 2 aromatic heterocycles. The Hall–Kier alpha value is -3.27. The summed E-state index contributed by atoms with van der Waals surface area (Å²) in [5.74, 6) is 0. The van der Waals surface area contributed by atoms with Crippen LogP contribution in [0.15, 0.2) is 60.9 Å². The van der Waals surface area contributed by atoms with E-state index in [-0.39, 0.29) is 0 Å². The fourth-order valence-electron chi connectivity index (χ4n) is 3.18. The molecule has 0 aliphatic heterocycles. The molecule has 0 aliphatic rings. The van der Waals surface area contributed by atoms with E-state index in [0.717, 1.165) is 34.7 Å². The number of rotatable bonds is 3. The average molecular weight is 373 g/mol. The maximum Gasteiger partial charge on any atom is 0.0456 e. The predicted octanol–water partition coefficient (Wildman–Crippen LogP) is 6.06. The van der Waals surface area contributed by atoms with Crippen LogP contribution in [0.3, 0.4) is 0 Å². The van der Waals surface area contributed by atoms with Gasteiger partial charge in [0.25, 0.3) is 0 Å². The quantitative estimate of drug-likeness (QED) is 0.383. The first kappa shape index (κ1) is 19.5. The van der Waals surface area contributed by atoms with Crippen molar-refractivity contribution in [1.82, 2.24) is 9.97 Å². The zero-order valence-electron chi connectivity index (χ0n) is 17.0. The number of hydrogen-bond donors (Lipinski definition) is 3. The van der Waals surface area contributed by atoms with Crippen molar-refractivity contribution in [3.8, 4) is 0 Å². The van der Waals surface area contributed by atoms with Crippen LogP contribution in [0.5, 0.6) is 0 Å². The standard InChI is InChI=1S/C14H17N3.C10H11N/c1-9-8-12(6-7-16-9)17-14-5-4-13(15)10(2)11(14)3;1-2-8-7-11-10-6-4-3-5-9(8)10/h4-8H,15H2,1-3H3,(H,16,17);3-7,11H,2H2,1H3. The Morgan fingerprint density at radius 3 is 2.54 bits per heavy atom. The third-order valence-electron chi connectivity index (χ3n) is 5.06. The second-order valence-corrected chi connectivity index (χ2v) is 6.98. The maximum absolute atomic E-state index is 5.87. The number of aromatic nitrogens is 2. The van der Waals surface area contributed by atoms with E-state index in [1.165, 1.54) is 22.0 Å². The Labute approximate surface area is 166 Å². The van der Waals surface area contributed by atoms with E-state index in [9.17, 15) is 0 Å². The molecule has 0 aliphatic carbocycles. The molecule has 4 heteroatoms. The lowest BCUT2D eigenvalue weighted by Crippen LogP contribution is -1.98. The fraction of sp³-hybridized carbons (Fsp3) is 0.208. The number of nitrogens with zero attached hydrogens (tertiary/aromatic N) is 1. The van der Waals surface area contributed by atoms with E-state index >= 15 is 0 Å². The minimum atomic E-state index is 0.832. The molecular weight excluding hydrogens is 344 g/mol. The van der Waals surface area contributed by atoms with Crippen molar-refractivity contribution in [2.75, 3.05) is 11.1 Å². The first-order valence-corrected chi connectivity index (χ1v) is 9.60. The zero-order chi connectivity index (χ0) is 20.1. The summed E-state index contributed by atoms with van der Waals surface area (Å²) in [7, 11) is 0. The predicted molar refractivity (Wildman–Crippen MR) is 120 cm³/mol. The summed E-state index contributed by atoms with van der Waals surface area (Å²) in [5.41, 5.74) is 14.8. The number of anilines is 3. The topological polar surface area (TPSA) is 66.7 Å². The van der Waals surface area contributed by atoms with Gasteiger partial charge in [-0.15, -0.1) is 0 Å². The van der Waals surface area contributed by atoms with E-state index in [1.807, 2.05) is 38.1 Å². The molecule has 4 rings (SSSR count). The van der Waals surface area contributed by atoms with Gasteiger partial charge in [-0.1, -0.05) is 25.1 Å². The Kier molecular flexibility index (Phi) is 5.99. The summed E-state index contributed by atoms with van der Waals surface area (Å²) in [6.07, 6.45) is 4.99. The van der Waals surface area contributed by atoms with Crippen LogP contribution in [-0.4, -0.2) is 9.97 Å². The van der Waals surface area contributed by atoms with Crippen molar-refractivity contribution >= 4 is 28.0 Å². The third-order valence-corrected chi connectivity index (χ3v) is 5.06. The maximum atomic E-state index is 5.87. The van der Waals surface area contributed by atoms with Crippen LogP contribution in [0.4, 0.5) is 17.1 Å². The van der Waals surface area contributed by atoms with Crippen LogP contribution in [0, 0.1) is 20.8 Å². The molecule has 0 saturated carbocycles. The summed E-state index contributed by atoms with van der Waals surface area (Å²) >= 11 is 0. The molecule has 0 fully saturated rings. The van der Waals surface area contributed by atoms with Crippen LogP contribution in [-0.2, 0) is 6.42 Å². The molecule has 4 nitrogen and oxygen atoms in total. The zero-order valence-corrected chi connectivity index (χ0v) is 17.0. The molecule has 2 heterocycles. The number of fused-ring (bicyclic) bond motifs is 1. The number of para-hydroxylation sites is 1. The number of nitrogen functional groups attached to an aromatic ring is 1. The molecule has 2 aromatic carbocycles. The molecule has 4 N–H and O–H groups in total. The minimum Gasteiger partial charge on any atom is -0.399 e. The van der Waals surface area contributed by atoms with E-state index < -0.39 is 0 Å². The molecular formula is C24H28N4. The molecule has 0 amide bonds. The van der Waals surface area contributed by atoms with Crippen molar-refractivity contribution in [3.63, 3.8) is 0 Å². The number of H-pyrrole nitrogens is 1. The smallest absolute Gasteiger partial charge is 0.0456 e. The van der Waals surface area contributed by atoms with Gasteiger partial charge in [0.05, 0.1) is 0 Å². The monoisotopic (exact) mass is 372 g/mol. The fourth-order valence-corrected chi connectivity index (χ4v) is 3.18. The van der Waals surface area contributed by atoms with Crippen molar-refractivity contribution < 1.29 is 0 Å². The lowest BCUT2D eigenvalue weighted by molar-refractivity contribution is 1.15. The number of aryl methyl sites for hydroxylation is 2. The number of aromatic amines is 1. The van der Waals surface area contributed by atoms with Gasteiger partial charge in [0, 0.05) is 46.1 Å². The van der Waals surface area contributed by atoms with Crippen molar-refractivity contribution in [3.05, 3.63) is 83.3 Å². The SMILES string of the molecule is CCc1c[nH]c2ccccc12.Cc1cc(Nc2ccc(N)c(C)c2C)ccn1. The molecule has 0 unspecified atom stereocenters. The van der Waals surface area contributed by atoms with Gasteiger partial charge < -0.3 is 16.0 Å². The number of pyridine rings is 1. The minimum absolute atomic E-state index is 0.832. The van der Waals surface area contributed by atoms with Gasteiger partial charge in [0.1, 0.15) is 0 Å². The van der Waals surface area contributed by atoms with Gasteiger partial charge in [-0.05, 0) is 74.2 Å². The van der Waals surface area contributed by atoms with Gasteiger partial charge in [-0.2, -0.15) is 0 Å². The van der Waals surface area contributed by atoms with Crippen LogP contribution < -0.4 is 11.1 Å². The van der Waals surface area contributed by atoms with Crippen LogP contribution in [0.1, 0.15) is 29.3 Å². The largest absolute Gasteiger partial charge is 0.399 e. The Morgan fingerprint density at radius 2 is 1.79 bits per heavy atom. The molecule has 4 aromatic rings. The van der Waals surface area contributed by atoms with Gasteiger partial charge in [-0.3, -0.25) is 4.98 Å². The number of hydrogen-bond acceptors (Lipinski definition) is 3. The molecule has 0 bridgehead atoms. The number of nitrogens with one attached hydrogen (secondary N) is 2. The lowest BCUT2D eigenvalue weighted by atomic mass is 10.1. The van der Waals surface area contributed by atoms with Crippen LogP contribution >= 0.6 is 0 Å². The van der Waals surface area contributed by atoms with E-state index in [1.54, 1.807) is 6.20 Å². The third kappa shape index (κ3) is 4.34. The van der Waals surface area contributed by atoms with Crippen LogP contribution in [0.2, 0.25) is 0 Å². The molecule has 144 valence electrons. The second-order valence-electron chi connectivity index (χ2n) is 6.98. The van der Waals surface area contributed by atoms with E-state index in [4.69, 9.17) is 5.73 Å². The molecule has 0 spiro atoms. The first-order chi connectivity index (χ1) is 13.5. The summed E-state index contributed by atoms with van der Waals surface area (Å²) in [4.78, 5) is 7.41. The number of nitrogens with two attached hydrogens (primary N) is 1. The number of benzene rings is 2. The summed E-state index contributed by atoms with van der Waals surface area (Å²) < 4.78 is 0. The van der Waals surface area contributed by atoms with Crippen molar-refractivity contribution in [1.29, 1.82) is 0 Å². The Morgan fingerprint density at radius 1 is 1.00 bits per heavy atom. The van der Waals surface area contributed by atoms with Crippen LogP contribution in [0.25, 0.3) is 10.9 Å².